The highest BCUT2D eigenvalue weighted by molar-refractivity contribution is 5.95. The monoisotopic (exact) mass is 419 g/mol. The van der Waals surface area contributed by atoms with E-state index in [0.29, 0.717) is 17.9 Å². The van der Waals surface area contributed by atoms with E-state index < -0.39 is 17.8 Å². The predicted molar refractivity (Wildman–Crippen MR) is 111 cm³/mol. The Bertz CT molecular complexity index is 874. The first-order valence-electron chi connectivity index (χ1n) is 9.48. The number of halogens is 1. The lowest BCUT2D eigenvalue weighted by Crippen LogP contribution is -2.24. The second-order valence-corrected chi connectivity index (χ2v) is 6.15. The lowest BCUT2D eigenvalue weighted by Gasteiger charge is -2.21. The molecule has 0 heterocycles. The first-order valence-corrected chi connectivity index (χ1v) is 9.48. The number of hydrogen-bond acceptors (Lipinski definition) is 7. The van der Waals surface area contributed by atoms with Crippen molar-refractivity contribution < 1.29 is 28.5 Å². The van der Waals surface area contributed by atoms with E-state index in [1.54, 1.807) is 38.1 Å². The molecule has 0 aromatic heterocycles. The van der Waals surface area contributed by atoms with Crippen molar-refractivity contribution in [2.75, 3.05) is 31.7 Å². The highest BCUT2D eigenvalue weighted by Gasteiger charge is 2.27. The third-order valence-electron chi connectivity index (χ3n) is 4.05. The summed E-state index contributed by atoms with van der Waals surface area (Å²) in [6.45, 7) is 3.57. The number of anilines is 1. The van der Waals surface area contributed by atoms with Crippen LogP contribution < -0.4 is 20.5 Å². The average molecular weight is 419 g/mol. The summed E-state index contributed by atoms with van der Waals surface area (Å²) in [5, 5.41) is 19.4. The first-order chi connectivity index (χ1) is 14.4. The highest BCUT2D eigenvalue weighted by atomic mass is 19.1. The fourth-order valence-corrected chi connectivity index (χ4v) is 2.71. The van der Waals surface area contributed by atoms with Gasteiger partial charge in [0.2, 0.25) is 0 Å². The van der Waals surface area contributed by atoms with Crippen LogP contribution in [-0.4, -0.2) is 43.3 Å². The molecule has 2 aromatic rings. The molecule has 0 saturated heterocycles. The SMILES string of the molecule is CCOC(=O)[C@@H](Nc1ccc(C(=N)N)cc1)c1cc(OCC)c(OCCO)cc1F. The van der Waals surface area contributed by atoms with E-state index in [2.05, 4.69) is 5.32 Å². The van der Waals surface area contributed by atoms with Crippen LogP contribution in [0.3, 0.4) is 0 Å². The summed E-state index contributed by atoms with van der Waals surface area (Å²) in [7, 11) is 0. The van der Waals surface area contributed by atoms with Crippen LogP contribution in [0.25, 0.3) is 0 Å². The Labute approximate surface area is 174 Å². The molecular formula is C21H26FN3O5. The number of hydrogen-bond donors (Lipinski definition) is 4. The van der Waals surface area contributed by atoms with E-state index in [-0.39, 0.29) is 42.7 Å². The molecule has 0 aliphatic heterocycles. The lowest BCUT2D eigenvalue weighted by molar-refractivity contribution is -0.144. The summed E-state index contributed by atoms with van der Waals surface area (Å²) >= 11 is 0. The van der Waals surface area contributed by atoms with Crippen molar-refractivity contribution >= 4 is 17.5 Å². The standard InChI is InChI=1S/C21H26FN3O5/c1-3-28-17-11-15(16(22)12-18(17)30-10-9-26)19(21(27)29-4-2)25-14-7-5-13(6-8-14)20(23)24/h5-8,11-12,19,25-26H,3-4,9-10H2,1-2H3,(H3,23,24)/t19-/m0/s1. The van der Waals surface area contributed by atoms with Gasteiger partial charge in [0.15, 0.2) is 17.5 Å². The van der Waals surface area contributed by atoms with Gasteiger partial charge in [-0.15, -0.1) is 0 Å². The van der Waals surface area contributed by atoms with E-state index in [0.717, 1.165) is 6.07 Å². The minimum Gasteiger partial charge on any atom is -0.490 e. The van der Waals surface area contributed by atoms with Gasteiger partial charge in [-0.1, -0.05) is 0 Å². The van der Waals surface area contributed by atoms with Gasteiger partial charge in [-0.05, 0) is 44.2 Å². The normalized spacial score (nSPS) is 11.5. The molecule has 2 rings (SSSR count). The Morgan fingerprint density at radius 1 is 1.17 bits per heavy atom. The number of aliphatic hydroxyl groups is 1. The maximum Gasteiger partial charge on any atom is 0.333 e. The Morgan fingerprint density at radius 2 is 1.83 bits per heavy atom. The number of carbonyl (C=O) groups is 1. The molecule has 2 aromatic carbocycles. The molecule has 0 saturated carbocycles. The van der Waals surface area contributed by atoms with E-state index in [4.69, 9.17) is 30.5 Å². The summed E-state index contributed by atoms with van der Waals surface area (Å²) in [5.74, 6) is -1.09. The second kappa shape index (κ2) is 11.0. The smallest absolute Gasteiger partial charge is 0.333 e. The number of rotatable bonds is 11. The zero-order valence-electron chi connectivity index (χ0n) is 16.9. The molecule has 5 N–H and O–H groups in total. The minimum atomic E-state index is -1.15. The van der Waals surface area contributed by atoms with E-state index in [1.807, 2.05) is 0 Å². The fraction of sp³-hybridized carbons (Fsp3) is 0.333. The molecule has 0 spiro atoms. The van der Waals surface area contributed by atoms with Gasteiger partial charge in [0.25, 0.3) is 0 Å². The predicted octanol–water partition coefficient (Wildman–Crippen LogP) is 2.60. The van der Waals surface area contributed by atoms with Crippen LogP contribution in [-0.2, 0) is 9.53 Å². The van der Waals surface area contributed by atoms with Gasteiger partial charge in [0.1, 0.15) is 18.3 Å². The van der Waals surface area contributed by atoms with Crippen molar-refractivity contribution in [1.82, 2.24) is 0 Å². The molecule has 9 heteroatoms. The van der Waals surface area contributed by atoms with Gasteiger partial charge in [-0.25, -0.2) is 9.18 Å². The summed E-state index contributed by atoms with van der Waals surface area (Å²) in [6, 6.07) is 7.82. The van der Waals surface area contributed by atoms with E-state index >= 15 is 0 Å². The summed E-state index contributed by atoms with van der Waals surface area (Å²) < 4.78 is 30.9. The molecule has 0 amide bonds. The van der Waals surface area contributed by atoms with Crippen LogP contribution in [0.5, 0.6) is 11.5 Å². The summed E-state index contributed by atoms with van der Waals surface area (Å²) in [6.07, 6.45) is 0. The maximum absolute atomic E-state index is 14.9. The number of nitrogen functional groups attached to an aromatic ring is 1. The van der Waals surface area contributed by atoms with Crippen molar-refractivity contribution in [3.05, 3.63) is 53.3 Å². The highest BCUT2D eigenvalue weighted by Crippen LogP contribution is 2.34. The van der Waals surface area contributed by atoms with Crippen molar-refractivity contribution in [1.29, 1.82) is 5.41 Å². The lowest BCUT2D eigenvalue weighted by atomic mass is 10.0. The topological polar surface area (TPSA) is 127 Å². The van der Waals surface area contributed by atoms with Crippen LogP contribution in [0.15, 0.2) is 36.4 Å². The van der Waals surface area contributed by atoms with Crippen molar-refractivity contribution in [2.24, 2.45) is 5.73 Å². The van der Waals surface area contributed by atoms with E-state index in [9.17, 15) is 9.18 Å². The molecule has 1 atom stereocenters. The molecular weight excluding hydrogens is 393 g/mol. The quantitative estimate of drug-likeness (QED) is 0.250. The zero-order valence-corrected chi connectivity index (χ0v) is 16.9. The van der Waals surface area contributed by atoms with Gasteiger partial charge >= 0.3 is 5.97 Å². The van der Waals surface area contributed by atoms with Crippen molar-refractivity contribution in [2.45, 2.75) is 19.9 Å². The summed E-state index contributed by atoms with van der Waals surface area (Å²) in [5.41, 5.74) is 6.50. The Kier molecular flexibility index (Phi) is 8.42. The molecule has 30 heavy (non-hydrogen) atoms. The Hall–Kier alpha value is -3.33. The number of nitrogens with one attached hydrogen (secondary N) is 2. The van der Waals surface area contributed by atoms with Gasteiger partial charge in [-0.2, -0.15) is 0 Å². The number of amidine groups is 1. The first kappa shape index (κ1) is 23.0. The van der Waals surface area contributed by atoms with Gasteiger partial charge in [-0.3, -0.25) is 5.41 Å². The van der Waals surface area contributed by atoms with Gasteiger partial charge in [0, 0.05) is 22.9 Å². The fourth-order valence-electron chi connectivity index (χ4n) is 2.71. The van der Waals surface area contributed by atoms with Gasteiger partial charge in [0.05, 0.1) is 19.8 Å². The van der Waals surface area contributed by atoms with Crippen LogP contribution in [0.2, 0.25) is 0 Å². The van der Waals surface area contributed by atoms with Crippen LogP contribution >= 0.6 is 0 Å². The molecule has 162 valence electrons. The van der Waals surface area contributed by atoms with Crippen LogP contribution in [0.1, 0.15) is 31.0 Å². The Morgan fingerprint density at radius 3 is 2.40 bits per heavy atom. The summed E-state index contributed by atoms with van der Waals surface area (Å²) in [4.78, 5) is 12.6. The molecule has 0 unspecified atom stereocenters. The zero-order chi connectivity index (χ0) is 22.1. The molecule has 0 aliphatic rings. The van der Waals surface area contributed by atoms with Crippen molar-refractivity contribution in [3.63, 3.8) is 0 Å². The number of carbonyl (C=O) groups excluding carboxylic acids is 1. The van der Waals surface area contributed by atoms with Crippen LogP contribution in [0, 0.1) is 11.2 Å². The third kappa shape index (κ3) is 5.84. The minimum absolute atomic E-state index is 0.0175. The molecule has 0 bridgehead atoms. The number of benzene rings is 2. The number of nitrogens with two attached hydrogens (primary N) is 1. The van der Waals surface area contributed by atoms with Crippen LogP contribution in [0.4, 0.5) is 10.1 Å². The molecule has 0 radical (unpaired) electrons. The molecule has 0 aliphatic carbocycles. The maximum atomic E-state index is 14.9. The number of aliphatic hydroxyl groups excluding tert-OH is 1. The number of ether oxygens (including phenoxy) is 3. The number of esters is 1. The third-order valence-corrected chi connectivity index (χ3v) is 4.05. The average Bonchev–Trinajstić information content (AvgIpc) is 2.72. The largest absolute Gasteiger partial charge is 0.490 e. The molecule has 0 fully saturated rings. The van der Waals surface area contributed by atoms with Gasteiger partial charge < -0.3 is 30.4 Å². The molecule has 8 nitrogen and oxygen atoms in total. The van der Waals surface area contributed by atoms with Crippen molar-refractivity contribution in [3.8, 4) is 11.5 Å². The Balaban J connectivity index is 2.43. The second-order valence-electron chi connectivity index (χ2n) is 6.15. The van der Waals surface area contributed by atoms with E-state index in [1.165, 1.54) is 6.07 Å².